The highest BCUT2D eigenvalue weighted by molar-refractivity contribution is 6.30. The van der Waals surface area contributed by atoms with Gasteiger partial charge in [-0.3, -0.25) is 9.59 Å². The Kier molecular flexibility index (Phi) is 4.87. The summed E-state index contributed by atoms with van der Waals surface area (Å²) in [6.45, 7) is 4.10. The molecule has 23 heavy (non-hydrogen) atoms. The lowest BCUT2D eigenvalue weighted by atomic mass is 9.98. The molecule has 1 aromatic rings. The van der Waals surface area contributed by atoms with Crippen molar-refractivity contribution in [1.29, 1.82) is 0 Å². The molecular formula is C17H22ClN3O2. The summed E-state index contributed by atoms with van der Waals surface area (Å²) in [5.41, 5.74) is 1.11. The van der Waals surface area contributed by atoms with E-state index in [1.165, 1.54) is 0 Å². The van der Waals surface area contributed by atoms with Crippen molar-refractivity contribution in [1.82, 2.24) is 14.7 Å². The van der Waals surface area contributed by atoms with Gasteiger partial charge in [0.05, 0.1) is 6.54 Å². The molecule has 2 heterocycles. The van der Waals surface area contributed by atoms with Crippen molar-refractivity contribution in [3.63, 3.8) is 0 Å². The minimum Gasteiger partial charge on any atom is -0.339 e. The van der Waals surface area contributed by atoms with Gasteiger partial charge in [0.2, 0.25) is 11.8 Å². The van der Waals surface area contributed by atoms with Crippen LogP contribution in [-0.2, 0) is 9.59 Å². The van der Waals surface area contributed by atoms with Crippen molar-refractivity contribution in [3.8, 4) is 0 Å². The van der Waals surface area contributed by atoms with Crippen LogP contribution in [-0.4, -0.2) is 72.8 Å². The van der Waals surface area contributed by atoms with Crippen LogP contribution in [0.15, 0.2) is 24.3 Å². The number of halogens is 1. The summed E-state index contributed by atoms with van der Waals surface area (Å²) in [5.74, 6) is 0.274. The van der Waals surface area contributed by atoms with Gasteiger partial charge in [-0.05, 0) is 24.7 Å². The lowest BCUT2D eigenvalue weighted by Crippen LogP contribution is -2.50. The van der Waals surface area contributed by atoms with Gasteiger partial charge in [-0.15, -0.1) is 0 Å². The zero-order chi connectivity index (χ0) is 16.4. The van der Waals surface area contributed by atoms with E-state index in [0.29, 0.717) is 18.0 Å². The number of benzene rings is 1. The highest BCUT2D eigenvalue weighted by Gasteiger charge is 2.33. The normalized spacial score (nSPS) is 22.7. The fourth-order valence-corrected chi connectivity index (χ4v) is 3.33. The van der Waals surface area contributed by atoms with Crippen LogP contribution in [0.1, 0.15) is 17.9 Å². The fraction of sp³-hybridized carbons (Fsp3) is 0.529. The first-order valence-electron chi connectivity index (χ1n) is 8.02. The Morgan fingerprint density at radius 1 is 1.17 bits per heavy atom. The van der Waals surface area contributed by atoms with Crippen LogP contribution in [0.4, 0.5) is 0 Å². The van der Waals surface area contributed by atoms with Gasteiger partial charge in [-0.25, -0.2) is 0 Å². The van der Waals surface area contributed by atoms with Crippen LogP contribution in [0.5, 0.6) is 0 Å². The molecule has 6 heteroatoms. The molecule has 0 aliphatic carbocycles. The molecule has 2 saturated heterocycles. The second-order valence-corrected chi connectivity index (χ2v) is 6.85. The van der Waals surface area contributed by atoms with Gasteiger partial charge in [0.1, 0.15) is 0 Å². The van der Waals surface area contributed by atoms with Crippen LogP contribution < -0.4 is 0 Å². The van der Waals surface area contributed by atoms with Gasteiger partial charge in [0, 0.05) is 50.1 Å². The molecule has 5 nitrogen and oxygen atoms in total. The monoisotopic (exact) mass is 335 g/mol. The largest absolute Gasteiger partial charge is 0.339 e. The van der Waals surface area contributed by atoms with Crippen molar-refractivity contribution >= 4 is 23.4 Å². The molecule has 0 radical (unpaired) electrons. The number of amides is 2. The van der Waals surface area contributed by atoms with Crippen LogP contribution in [0, 0.1) is 0 Å². The predicted octanol–water partition coefficient (Wildman–Crippen LogP) is 1.43. The fourth-order valence-electron chi connectivity index (χ4n) is 3.20. The zero-order valence-corrected chi connectivity index (χ0v) is 14.1. The van der Waals surface area contributed by atoms with Gasteiger partial charge in [-0.2, -0.15) is 0 Å². The third kappa shape index (κ3) is 3.85. The van der Waals surface area contributed by atoms with E-state index < -0.39 is 0 Å². The van der Waals surface area contributed by atoms with Gasteiger partial charge < -0.3 is 14.7 Å². The van der Waals surface area contributed by atoms with Gasteiger partial charge in [-0.1, -0.05) is 23.7 Å². The van der Waals surface area contributed by atoms with Gasteiger partial charge >= 0.3 is 0 Å². The first-order valence-corrected chi connectivity index (χ1v) is 8.40. The molecule has 2 aliphatic heterocycles. The number of carbonyl (C=O) groups is 2. The number of likely N-dealkylation sites (tertiary alicyclic amines) is 1. The molecule has 1 atom stereocenters. The Morgan fingerprint density at radius 2 is 1.83 bits per heavy atom. The Hall–Kier alpha value is -1.59. The Labute approximate surface area is 141 Å². The summed E-state index contributed by atoms with van der Waals surface area (Å²) in [5, 5.41) is 0.695. The number of hydrogen-bond acceptors (Lipinski definition) is 3. The molecule has 0 aromatic heterocycles. The molecule has 0 bridgehead atoms. The van der Waals surface area contributed by atoms with Crippen molar-refractivity contribution < 1.29 is 9.59 Å². The second kappa shape index (κ2) is 6.89. The Balaban J connectivity index is 1.57. The van der Waals surface area contributed by atoms with E-state index >= 15 is 0 Å². The van der Waals surface area contributed by atoms with E-state index in [9.17, 15) is 9.59 Å². The number of likely N-dealkylation sites (N-methyl/N-ethyl adjacent to an activating group) is 1. The molecule has 3 rings (SSSR count). The summed E-state index contributed by atoms with van der Waals surface area (Å²) < 4.78 is 0. The zero-order valence-electron chi connectivity index (χ0n) is 13.4. The molecule has 1 unspecified atom stereocenters. The number of nitrogens with zero attached hydrogens (tertiary/aromatic N) is 3. The molecule has 0 saturated carbocycles. The van der Waals surface area contributed by atoms with Gasteiger partial charge in [0.15, 0.2) is 0 Å². The summed E-state index contributed by atoms with van der Waals surface area (Å²) in [7, 11) is 2.06. The molecule has 0 spiro atoms. The number of rotatable bonds is 3. The van der Waals surface area contributed by atoms with E-state index in [0.717, 1.165) is 31.7 Å². The minimum atomic E-state index is 0.0585. The smallest absolute Gasteiger partial charge is 0.242 e. The second-order valence-electron chi connectivity index (χ2n) is 6.41. The molecule has 2 aliphatic rings. The lowest BCUT2D eigenvalue weighted by Gasteiger charge is -2.33. The maximum atomic E-state index is 12.4. The standard InChI is InChI=1S/C17H22ClN3O2/c1-19-6-8-20(9-7-19)17(23)12-21-11-14(10-16(21)22)13-2-4-15(18)5-3-13/h2-5,14H,6-12H2,1H3. The quantitative estimate of drug-likeness (QED) is 0.839. The van der Waals surface area contributed by atoms with Crippen molar-refractivity contribution in [2.24, 2.45) is 0 Å². The minimum absolute atomic E-state index is 0.0585. The van der Waals surface area contributed by atoms with Crippen molar-refractivity contribution in [2.45, 2.75) is 12.3 Å². The molecule has 0 N–H and O–H groups in total. The van der Waals surface area contributed by atoms with Crippen LogP contribution in [0.3, 0.4) is 0 Å². The first-order chi connectivity index (χ1) is 11.0. The summed E-state index contributed by atoms with van der Waals surface area (Å²) in [6, 6.07) is 7.62. The SMILES string of the molecule is CN1CCN(C(=O)CN2CC(c3ccc(Cl)cc3)CC2=O)CC1. The first kappa shape index (κ1) is 16.3. The highest BCUT2D eigenvalue weighted by atomic mass is 35.5. The average Bonchev–Trinajstić information content (AvgIpc) is 2.89. The van der Waals surface area contributed by atoms with Crippen LogP contribution in [0.2, 0.25) is 5.02 Å². The topological polar surface area (TPSA) is 43.9 Å². The third-order valence-electron chi connectivity index (χ3n) is 4.74. The highest BCUT2D eigenvalue weighted by Crippen LogP contribution is 2.28. The molecule has 124 valence electrons. The summed E-state index contributed by atoms with van der Waals surface area (Å²) >= 11 is 5.91. The molecule has 2 fully saturated rings. The average molecular weight is 336 g/mol. The van der Waals surface area contributed by atoms with Crippen LogP contribution >= 0.6 is 11.6 Å². The number of piperazine rings is 1. The van der Waals surface area contributed by atoms with E-state index in [1.54, 1.807) is 4.90 Å². The van der Waals surface area contributed by atoms with Crippen molar-refractivity contribution in [2.75, 3.05) is 46.3 Å². The summed E-state index contributed by atoms with van der Waals surface area (Å²) in [4.78, 5) is 30.4. The van der Waals surface area contributed by atoms with E-state index in [-0.39, 0.29) is 24.3 Å². The van der Waals surface area contributed by atoms with E-state index in [1.807, 2.05) is 29.2 Å². The number of hydrogen-bond donors (Lipinski definition) is 0. The Bertz CT molecular complexity index is 582. The maximum Gasteiger partial charge on any atom is 0.242 e. The molecule has 2 amide bonds. The molecular weight excluding hydrogens is 314 g/mol. The summed E-state index contributed by atoms with van der Waals surface area (Å²) in [6.07, 6.45) is 0.470. The third-order valence-corrected chi connectivity index (χ3v) is 4.99. The molecule has 1 aromatic carbocycles. The lowest BCUT2D eigenvalue weighted by molar-refractivity contribution is -0.139. The van der Waals surface area contributed by atoms with E-state index in [4.69, 9.17) is 11.6 Å². The maximum absolute atomic E-state index is 12.4. The van der Waals surface area contributed by atoms with Gasteiger partial charge in [0.25, 0.3) is 0 Å². The van der Waals surface area contributed by atoms with Crippen molar-refractivity contribution in [3.05, 3.63) is 34.9 Å². The van der Waals surface area contributed by atoms with Crippen LogP contribution in [0.25, 0.3) is 0 Å². The Morgan fingerprint density at radius 3 is 2.48 bits per heavy atom. The predicted molar refractivity (Wildman–Crippen MR) is 89.5 cm³/mol. The number of carbonyl (C=O) groups excluding carboxylic acids is 2. The van der Waals surface area contributed by atoms with E-state index in [2.05, 4.69) is 11.9 Å².